The minimum atomic E-state index is -3.96. The molecule has 0 atom stereocenters. The van der Waals surface area contributed by atoms with Crippen LogP contribution in [-0.2, 0) is 14.8 Å². The van der Waals surface area contributed by atoms with Crippen molar-refractivity contribution in [3.63, 3.8) is 0 Å². The van der Waals surface area contributed by atoms with Crippen molar-refractivity contribution in [3.05, 3.63) is 66.6 Å². The van der Waals surface area contributed by atoms with E-state index in [0.29, 0.717) is 0 Å². The monoisotopic (exact) mass is 391 g/mol. The molecule has 0 spiro atoms. The van der Waals surface area contributed by atoms with Crippen molar-refractivity contribution in [2.75, 3.05) is 5.75 Å². The topological polar surface area (TPSA) is 88.2 Å². The highest BCUT2D eigenvalue weighted by atomic mass is 32.2. The number of sulfonamides is 1. The molecule has 134 valence electrons. The molecule has 0 fully saturated rings. The van der Waals surface area contributed by atoms with E-state index in [-0.39, 0.29) is 10.6 Å². The number of aromatic nitrogens is 1. The standard InChI is InChI=1S/C17H14FN3O3S2/c18-13-6-8-14(9-7-13)26(23,24)21-20-16(22)11-25-15-5-1-3-12-4-2-10-19-17(12)15/h1-10,21H,11H2,(H,20,22). The number of rotatable bonds is 6. The Morgan fingerprint density at radius 1 is 1.08 bits per heavy atom. The van der Waals surface area contributed by atoms with Crippen molar-refractivity contribution in [1.29, 1.82) is 0 Å². The molecule has 2 aromatic carbocycles. The molecule has 0 unspecified atom stereocenters. The highest BCUT2D eigenvalue weighted by Gasteiger charge is 2.15. The lowest BCUT2D eigenvalue weighted by molar-refractivity contribution is -0.119. The zero-order valence-electron chi connectivity index (χ0n) is 13.3. The number of carbonyl (C=O) groups excluding carboxylic acids is 1. The number of hydrogen-bond acceptors (Lipinski definition) is 5. The summed E-state index contributed by atoms with van der Waals surface area (Å²) in [5, 5.41) is 0.954. The van der Waals surface area contributed by atoms with Gasteiger partial charge in [-0.15, -0.1) is 16.6 Å². The highest BCUT2D eigenvalue weighted by molar-refractivity contribution is 8.00. The summed E-state index contributed by atoms with van der Waals surface area (Å²) >= 11 is 1.25. The normalized spacial score (nSPS) is 11.4. The summed E-state index contributed by atoms with van der Waals surface area (Å²) in [6.07, 6.45) is 1.67. The van der Waals surface area contributed by atoms with E-state index < -0.39 is 21.7 Å². The Kier molecular flexibility index (Phi) is 5.50. The molecular formula is C17H14FN3O3S2. The number of benzene rings is 2. The van der Waals surface area contributed by atoms with Gasteiger partial charge in [0.2, 0.25) is 5.91 Å². The van der Waals surface area contributed by atoms with Crippen LogP contribution in [0.25, 0.3) is 10.9 Å². The van der Waals surface area contributed by atoms with Crippen molar-refractivity contribution in [3.8, 4) is 0 Å². The average molecular weight is 391 g/mol. The molecule has 3 aromatic rings. The van der Waals surface area contributed by atoms with Crippen LogP contribution in [0.5, 0.6) is 0 Å². The molecule has 3 rings (SSSR count). The predicted octanol–water partition coefficient (Wildman–Crippen LogP) is 2.48. The van der Waals surface area contributed by atoms with E-state index in [1.807, 2.05) is 35.2 Å². The molecule has 0 aliphatic carbocycles. The number of para-hydroxylation sites is 1. The maximum atomic E-state index is 12.9. The Hall–Kier alpha value is -2.49. The molecule has 26 heavy (non-hydrogen) atoms. The van der Waals surface area contributed by atoms with Crippen LogP contribution in [0, 0.1) is 5.82 Å². The third kappa shape index (κ3) is 4.37. The third-order valence-electron chi connectivity index (χ3n) is 3.40. The van der Waals surface area contributed by atoms with Gasteiger partial charge in [-0.1, -0.05) is 18.2 Å². The molecule has 9 heteroatoms. The van der Waals surface area contributed by atoms with E-state index >= 15 is 0 Å². The largest absolute Gasteiger partial charge is 0.277 e. The summed E-state index contributed by atoms with van der Waals surface area (Å²) in [4.78, 5) is 18.9. The SMILES string of the molecule is O=C(CSc1cccc2cccnc12)NNS(=O)(=O)c1ccc(F)cc1. The van der Waals surface area contributed by atoms with Gasteiger partial charge in [-0.05, 0) is 36.4 Å². The van der Waals surface area contributed by atoms with Gasteiger partial charge in [-0.3, -0.25) is 15.2 Å². The molecule has 2 N–H and O–H groups in total. The Morgan fingerprint density at radius 2 is 1.81 bits per heavy atom. The van der Waals surface area contributed by atoms with Gasteiger partial charge in [0, 0.05) is 16.5 Å². The summed E-state index contributed by atoms with van der Waals surface area (Å²) in [6, 6.07) is 13.7. The van der Waals surface area contributed by atoms with Crippen LogP contribution in [0.15, 0.2) is 70.6 Å². The Balaban J connectivity index is 1.60. The van der Waals surface area contributed by atoms with Gasteiger partial charge in [0.1, 0.15) is 5.82 Å². The number of carbonyl (C=O) groups is 1. The first-order chi connectivity index (χ1) is 12.5. The lowest BCUT2D eigenvalue weighted by Gasteiger charge is -2.09. The van der Waals surface area contributed by atoms with Gasteiger partial charge in [-0.25, -0.2) is 12.8 Å². The first kappa shape index (κ1) is 18.3. The van der Waals surface area contributed by atoms with E-state index in [9.17, 15) is 17.6 Å². The molecule has 0 saturated heterocycles. The summed E-state index contributed by atoms with van der Waals surface area (Å²) in [6.45, 7) is 0. The number of fused-ring (bicyclic) bond motifs is 1. The maximum Gasteiger partial charge on any atom is 0.257 e. The molecule has 0 radical (unpaired) electrons. The smallest absolute Gasteiger partial charge is 0.257 e. The molecule has 1 heterocycles. The maximum absolute atomic E-state index is 12.9. The van der Waals surface area contributed by atoms with Gasteiger partial charge in [0.15, 0.2) is 0 Å². The zero-order valence-corrected chi connectivity index (χ0v) is 15.0. The van der Waals surface area contributed by atoms with Gasteiger partial charge < -0.3 is 0 Å². The van der Waals surface area contributed by atoms with E-state index in [4.69, 9.17) is 0 Å². The van der Waals surface area contributed by atoms with Gasteiger partial charge in [-0.2, -0.15) is 0 Å². The number of nitrogens with zero attached hydrogens (tertiary/aromatic N) is 1. The van der Waals surface area contributed by atoms with E-state index in [0.717, 1.165) is 40.1 Å². The van der Waals surface area contributed by atoms with Crippen molar-refractivity contribution in [2.24, 2.45) is 0 Å². The molecule has 6 nitrogen and oxygen atoms in total. The molecule has 1 aromatic heterocycles. The number of amides is 1. The van der Waals surface area contributed by atoms with Crippen LogP contribution in [0.4, 0.5) is 4.39 Å². The Labute approximate surface area is 153 Å². The highest BCUT2D eigenvalue weighted by Crippen LogP contribution is 2.25. The number of thioether (sulfide) groups is 1. The number of hydrazine groups is 1. The second-order valence-corrected chi connectivity index (χ2v) is 7.93. The molecule has 0 aliphatic rings. The summed E-state index contributed by atoms with van der Waals surface area (Å²) in [7, 11) is -3.96. The molecule has 0 saturated carbocycles. The number of halogens is 1. The van der Waals surface area contributed by atoms with Gasteiger partial charge in [0.25, 0.3) is 10.0 Å². The lowest BCUT2D eigenvalue weighted by atomic mass is 10.2. The van der Waals surface area contributed by atoms with Crippen LogP contribution in [0.1, 0.15) is 0 Å². The van der Waals surface area contributed by atoms with Gasteiger partial charge in [0.05, 0.1) is 16.2 Å². The Bertz CT molecular complexity index is 1040. The number of pyridine rings is 1. The fourth-order valence-electron chi connectivity index (χ4n) is 2.17. The molecule has 0 aliphatic heterocycles. The zero-order chi connectivity index (χ0) is 18.6. The number of hydrogen-bond donors (Lipinski definition) is 2. The fraction of sp³-hybridized carbons (Fsp3) is 0.0588. The van der Waals surface area contributed by atoms with Crippen molar-refractivity contribution < 1.29 is 17.6 Å². The quantitative estimate of drug-likeness (QED) is 0.498. The molecule has 0 bridgehead atoms. The summed E-state index contributed by atoms with van der Waals surface area (Å²) < 4.78 is 36.9. The second kappa shape index (κ2) is 7.81. The fourth-order valence-corrected chi connectivity index (χ4v) is 3.87. The minimum Gasteiger partial charge on any atom is -0.277 e. The third-order valence-corrected chi connectivity index (χ3v) is 5.71. The summed E-state index contributed by atoms with van der Waals surface area (Å²) in [5.74, 6) is -1.07. The molecular weight excluding hydrogens is 377 g/mol. The van der Waals surface area contributed by atoms with Gasteiger partial charge >= 0.3 is 0 Å². The predicted molar refractivity (Wildman–Crippen MR) is 97.3 cm³/mol. The van der Waals surface area contributed by atoms with E-state index in [1.54, 1.807) is 6.20 Å². The summed E-state index contributed by atoms with van der Waals surface area (Å²) in [5.41, 5.74) is 2.92. The lowest BCUT2D eigenvalue weighted by Crippen LogP contribution is -2.42. The van der Waals surface area contributed by atoms with Crippen LogP contribution >= 0.6 is 11.8 Å². The minimum absolute atomic E-state index is 0.00161. The van der Waals surface area contributed by atoms with E-state index in [1.165, 1.54) is 11.8 Å². The van der Waals surface area contributed by atoms with Crippen LogP contribution in [0.3, 0.4) is 0 Å². The van der Waals surface area contributed by atoms with Crippen LogP contribution < -0.4 is 10.3 Å². The number of nitrogens with one attached hydrogen (secondary N) is 2. The molecule has 1 amide bonds. The van der Waals surface area contributed by atoms with E-state index in [2.05, 4.69) is 10.4 Å². The Morgan fingerprint density at radius 3 is 2.58 bits per heavy atom. The van der Waals surface area contributed by atoms with Crippen molar-refractivity contribution in [1.82, 2.24) is 15.2 Å². The first-order valence-electron chi connectivity index (χ1n) is 7.48. The van der Waals surface area contributed by atoms with Crippen LogP contribution in [0.2, 0.25) is 0 Å². The van der Waals surface area contributed by atoms with Crippen molar-refractivity contribution >= 4 is 38.6 Å². The van der Waals surface area contributed by atoms with Crippen molar-refractivity contribution in [2.45, 2.75) is 9.79 Å². The first-order valence-corrected chi connectivity index (χ1v) is 9.95. The second-order valence-electron chi connectivity index (χ2n) is 5.23. The average Bonchev–Trinajstić information content (AvgIpc) is 2.65. The van der Waals surface area contributed by atoms with Crippen LogP contribution in [-0.4, -0.2) is 25.1 Å².